The molecule has 0 aliphatic carbocycles. The van der Waals surface area contributed by atoms with Gasteiger partial charge in [-0.05, 0) is 6.42 Å². The monoisotopic (exact) mass is 148 g/mol. The van der Waals surface area contributed by atoms with E-state index in [9.17, 15) is 0 Å². The van der Waals surface area contributed by atoms with Gasteiger partial charge in [-0.15, -0.1) is 0 Å². The van der Waals surface area contributed by atoms with Crippen LogP contribution in [0.2, 0.25) is 0 Å². The van der Waals surface area contributed by atoms with Gasteiger partial charge in [-0.2, -0.15) is 10.1 Å². The van der Waals surface area contributed by atoms with Crippen molar-refractivity contribution >= 4 is 0 Å². The largest absolute Gasteiger partial charge is 0.314 e. The predicted molar refractivity (Wildman–Crippen MR) is 38.0 cm³/mol. The minimum absolute atomic E-state index is 0.00926. The molecule has 1 unspecified atom stereocenters. The van der Waals surface area contributed by atoms with Crippen LogP contribution in [-0.2, 0) is 0 Å². The Morgan fingerprint density at radius 3 is 1.90 bits per heavy atom. The summed E-state index contributed by atoms with van der Waals surface area (Å²) in [6.45, 7) is 2.42. The Balaban J connectivity index is 3.60. The second-order valence-electron chi connectivity index (χ2n) is 2.48. The highest BCUT2D eigenvalue weighted by Gasteiger charge is 2.11. The summed E-state index contributed by atoms with van der Waals surface area (Å²) in [7, 11) is 3.14. The number of hydrogen-bond donors (Lipinski definition) is 2. The summed E-state index contributed by atoms with van der Waals surface area (Å²) < 4.78 is 0. The quantitative estimate of drug-likeness (QED) is 0.567. The summed E-state index contributed by atoms with van der Waals surface area (Å²) in [4.78, 5) is 0. The zero-order valence-corrected chi connectivity index (χ0v) is 6.78. The number of hydroxylamine groups is 4. The van der Waals surface area contributed by atoms with Crippen LogP contribution in [0, 0.1) is 0 Å². The van der Waals surface area contributed by atoms with Crippen molar-refractivity contribution in [3.05, 3.63) is 0 Å². The summed E-state index contributed by atoms with van der Waals surface area (Å²) in [6, 6.07) is 0.00926. The number of nitrogens with zero attached hydrogens (tertiary/aromatic N) is 2. The third-order valence-electron chi connectivity index (χ3n) is 1.47. The van der Waals surface area contributed by atoms with Crippen molar-refractivity contribution < 1.29 is 10.4 Å². The first-order chi connectivity index (χ1) is 4.57. The summed E-state index contributed by atoms with van der Waals surface area (Å²) in [5.74, 6) is 0. The molecule has 0 aliphatic rings. The van der Waals surface area contributed by atoms with Crippen molar-refractivity contribution in [3.63, 3.8) is 0 Å². The summed E-state index contributed by atoms with van der Waals surface area (Å²) in [5, 5.41) is 19.9. The van der Waals surface area contributed by atoms with Crippen LogP contribution in [-0.4, -0.2) is 47.2 Å². The first kappa shape index (κ1) is 9.84. The Bertz CT molecular complexity index is 85.8. The number of likely N-dealkylation sites (N-methyl/N-ethyl adjacent to an activating group) is 2. The first-order valence-corrected chi connectivity index (χ1v) is 3.39. The molecule has 4 nitrogen and oxygen atoms in total. The molecule has 0 saturated carbocycles. The van der Waals surface area contributed by atoms with Gasteiger partial charge in [-0.25, -0.2) is 0 Å². The van der Waals surface area contributed by atoms with Crippen molar-refractivity contribution in [2.45, 2.75) is 19.4 Å². The molecule has 0 aliphatic heterocycles. The van der Waals surface area contributed by atoms with E-state index in [2.05, 4.69) is 0 Å². The van der Waals surface area contributed by atoms with Crippen LogP contribution in [0.15, 0.2) is 0 Å². The fourth-order valence-electron chi connectivity index (χ4n) is 0.816. The first-order valence-electron chi connectivity index (χ1n) is 3.39. The molecule has 0 radical (unpaired) electrons. The molecule has 0 rings (SSSR count). The standard InChI is InChI=1S/C6H16N2O2/c1-4-6(8(3)10)5-7(2)9/h6,9-10H,4-5H2,1-3H3. The number of rotatable bonds is 4. The molecular formula is C6H16N2O2. The highest BCUT2D eigenvalue weighted by atomic mass is 16.5. The SMILES string of the molecule is CCC(CN(C)O)N(C)O. The van der Waals surface area contributed by atoms with Crippen molar-refractivity contribution in [1.29, 1.82) is 0 Å². The van der Waals surface area contributed by atoms with Crippen LogP contribution in [0.1, 0.15) is 13.3 Å². The molecule has 0 spiro atoms. The second kappa shape index (κ2) is 4.62. The Morgan fingerprint density at radius 1 is 1.30 bits per heavy atom. The smallest absolute Gasteiger partial charge is 0.0494 e. The maximum absolute atomic E-state index is 8.96. The normalized spacial score (nSPS) is 14.7. The molecule has 1 atom stereocenters. The van der Waals surface area contributed by atoms with Crippen molar-refractivity contribution in [3.8, 4) is 0 Å². The van der Waals surface area contributed by atoms with Crippen molar-refractivity contribution in [2.75, 3.05) is 20.6 Å². The fourth-order valence-corrected chi connectivity index (χ4v) is 0.816. The van der Waals surface area contributed by atoms with Gasteiger partial charge in [0.25, 0.3) is 0 Å². The van der Waals surface area contributed by atoms with Crippen LogP contribution in [0.5, 0.6) is 0 Å². The zero-order valence-electron chi connectivity index (χ0n) is 6.78. The fraction of sp³-hybridized carbons (Fsp3) is 1.00. The van der Waals surface area contributed by atoms with Gasteiger partial charge in [-0.3, -0.25) is 0 Å². The minimum Gasteiger partial charge on any atom is -0.314 e. The molecule has 62 valence electrons. The highest BCUT2D eigenvalue weighted by molar-refractivity contribution is 4.61. The average molecular weight is 148 g/mol. The van der Waals surface area contributed by atoms with Gasteiger partial charge in [-0.1, -0.05) is 6.92 Å². The average Bonchev–Trinajstić information content (AvgIpc) is 1.81. The van der Waals surface area contributed by atoms with E-state index in [1.807, 2.05) is 6.92 Å². The van der Waals surface area contributed by atoms with Crippen LogP contribution < -0.4 is 0 Å². The summed E-state index contributed by atoms with van der Waals surface area (Å²) in [5.41, 5.74) is 0. The third kappa shape index (κ3) is 3.79. The van der Waals surface area contributed by atoms with E-state index in [0.717, 1.165) is 16.5 Å². The van der Waals surface area contributed by atoms with E-state index in [1.165, 1.54) is 0 Å². The zero-order chi connectivity index (χ0) is 8.15. The molecule has 4 heteroatoms. The molecule has 0 saturated heterocycles. The Kier molecular flexibility index (Phi) is 4.55. The highest BCUT2D eigenvalue weighted by Crippen LogP contribution is 1.98. The van der Waals surface area contributed by atoms with Gasteiger partial charge in [0.2, 0.25) is 0 Å². The van der Waals surface area contributed by atoms with E-state index in [1.54, 1.807) is 14.1 Å². The van der Waals surface area contributed by atoms with E-state index >= 15 is 0 Å². The molecule has 0 amide bonds. The van der Waals surface area contributed by atoms with E-state index in [-0.39, 0.29) is 6.04 Å². The molecule has 0 aromatic rings. The van der Waals surface area contributed by atoms with Gasteiger partial charge in [0.15, 0.2) is 0 Å². The van der Waals surface area contributed by atoms with Gasteiger partial charge >= 0.3 is 0 Å². The second-order valence-corrected chi connectivity index (χ2v) is 2.48. The number of hydrogen-bond acceptors (Lipinski definition) is 4. The van der Waals surface area contributed by atoms with Crippen LogP contribution in [0.25, 0.3) is 0 Å². The van der Waals surface area contributed by atoms with E-state index in [0.29, 0.717) is 6.54 Å². The molecule has 0 bridgehead atoms. The van der Waals surface area contributed by atoms with Gasteiger partial charge in [0.1, 0.15) is 0 Å². The maximum Gasteiger partial charge on any atom is 0.0494 e. The van der Waals surface area contributed by atoms with Crippen molar-refractivity contribution in [1.82, 2.24) is 10.1 Å². The van der Waals surface area contributed by atoms with E-state index in [4.69, 9.17) is 10.4 Å². The topological polar surface area (TPSA) is 46.9 Å². The lowest BCUT2D eigenvalue weighted by Gasteiger charge is -2.22. The van der Waals surface area contributed by atoms with Gasteiger partial charge in [0, 0.05) is 26.7 Å². The van der Waals surface area contributed by atoms with Crippen molar-refractivity contribution in [2.24, 2.45) is 0 Å². The van der Waals surface area contributed by atoms with Gasteiger partial charge < -0.3 is 10.4 Å². The molecule has 0 aromatic carbocycles. The lowest BCUT2D eigenvalue weighted by atomic mass is 10.2. The minimum atomic E-state index is 0.00926. The summed E-state index contributed by atoms with van der Waals surface area (Å²) in [6.07, 6.45) is 0.817. The molecule has 2 N–H and O–H groups in total. The Hall–Kier alpha value is -0.160. The Morgan fingerprint density at radius 2 is 1.80 bits per heavy atom. The predicted octanol–water partition coefficient (Wildman–Crippen LogP) is 0.407. The lowest BCUT2D eigenvalue weighted by Crippen LogP contribution is -2.37. The lowest BCUT2D eigenvalue weighted by molar-refractivity contribution is -0.145. The Labute approximate surface area is 61.6 Å². The molecule has 0 heterocycles. The van der Waals surface area contributed by atoms with Crippen LogP contribution in [0.3, 0.4) is 0 Å². The third-order valence-corrected chi connectivity index (χ3v) is 1.47. The molecule has 10 heavy (non-hydrogen) atoms. The summed E-state index contributed by atoms with van der Waals surface area (Å²) >= 11 is 0. The van der Waals surface area contributed by atoms with Crippen LogP contribution in [0.4, 0.5) is 0 Å². The molecule has 0 fully saturated rings. The van der Waals surface area contributed by atoms with Gasteiger partial charge in [0.05, 0.1) is 0 Å². The molecule has 0 aromatic heterocycles. The van der Waals surface area contributed by atoms with E-state index < -0.39 is 0 Å². The van der Waals surface area contributed by atoms with Crippen LogP contribution >= 0.6 is 0 Å². The maximum atomic E-state index is 8.96. The molecular weight excluding hydrogens is 132 g/mol.